The molecule has 2 rings (SSSR count). The lowest BCUT2D eigenvalue weighted by atomic mass is 10.1. The lowest BCUT2D eigenvalue weighted by molar-refractivity contribution is 0.601. The van der Waals surface area contributed by atoms with E-state index in [0.29, 0.717) is 16.6 Å². The van der Waals surface area contributed by atoms with E-state index in [1.54, 1.807) is 31.2 Å². The van der Waals surface area contributed by atoms with Gasteiger partial charge in [0.05, 0.1) is 4.90 Å². The molecule has 0 saturated carbocycles. The molecule has 0 fully saturated rings. The van der Waals surface area contributed by atoms with Crippen LogP contribution in [-0.4, -0.2) is 15.0 Å². The summed E-state index contributed by atoms with van der Waals surface area (Å²) in [5, 5.41) is 3.87. The summed E-state index contributed by atoms with van der Waals surface area (Å²) in [7, 11) is -3.62. The molecule has 130 valence electrons. The highest BCUT2D eigenvalue weighted by Gasteiger charge is 2.15. The summed E-state index contributed by atoms with van der Waals surface area (Å²) < 4.78 is 27.4. The number of nitrogens with one attached hydrogen (secondary N) is 2. The number of benzene rings is 2. The molecule has 2 aromatic carbocycles. The fourth-order valence-electron chi connectivity index (χ4n) is 2.16. The number of sulfonamides is 1. The Morgan fingerprint density at radius 3 is 2.25 bits per heavy atom. The minimum absolute atomic E-state index is 0.198. The van der Waals surface area contributed by atoms with Gasteiger partial charge in [0.15, 0.2) is 0 Å². The Balaban J connectivity index is 2.05. The SMILES string of the molecule is Cc1cc(S(=O)(=O)Nc2ccc(NCCC(C)C)cc2)ccc1Cl. The van der Waals surface area contributed by atoms with Crippen LogP contribution in [-0.2, 0) is 10.0 Å². The Labute approximate surface area is 149 Å². The van der Waals surface area contributed by atoms with E-state index >= 15 is 0 Å². The van der Waals surface area contributed by atoms with Gasteiger partial charge in [-0.15, -0.1) is 0 Å². The zero-order valence-electron chi connectivity index (χ0n) is 14.1. The molecule has 0 radical (unpaired) electrons. The Morgan fingerprint density at radius 2 is 1.67 bits per heavy atom. The van der Waals surface area contributed by atoms with Gasteiger partial charge >= 0.3 is 0 Å². The Kier molecular flexibility index (Phi) is 6.13. The quantitative estimate of drug-likeness (QED) is 0.732. The van der Waals surface area contributed by atoms with Crippen molar-refractivity contribution in [1.29, 1.82) is 0 Å². The molecule has 0 aliphatic heterocycles. The molecule has 0 saturated heterocycles. The smallest absolute Gasteiger partial charge is 0.261 e. The summed E-state index contributed by atoms with van der Waals surface area (Å²) in [4.78, 5) is 0.198. The van der Waals surface area contributed by atoms with Gasteiger partial charge in [0.25, 0.3) is 10.0 Å². The van der Waals surface area contributed by atoms with Crippen molar-refractivity contribution in [3.8, 4) is 0 Å². The molecule has 2 N–H and O–H groups in total. The molecule has 24 heavy (non-hydrogen) atoms. The minimum atomic E-state index is -3.62. The van der Waals surface area contributed by atoms with Gasteiger partial charge < -0.3 is 5.32 Å². The highest BCUT2D eigenvalue weighted by atomic mass is 35.5. The van der Waals surface area contributed by atoms with Crippen molar-refractivity contribution in [2.24, 2.45) is 5.92 Å². The van der Waals surface area contributed by atoms with Gasteiger partial charge in [0, 0.05) is 22.9 Å². The number of hydrogen-bond donors (Lipinski definition) is 2. The highest BCUT2D eigenvalue weighted by Crippen LogP contribution is 2.22. The van der Waals surface area contributed by atoms with E-state index in [-0.39, 0.29) is 4.90 Å². The molecule has 4 nitrogen and oxygen atoms in total. The van der Waals surface area contributed by atoms with Crippen molar-refractivity contribution in [3.05, 3.63) is 53.1 Å². The second-order valence-corrected chi connectivity index (χ2v) is 8.29. The first kappa shape index (κ1) is 18.6. The van der Waals surface area contributed by atoms with E-state index in [2.05, 4.69) is 23.9 Å². The molecule has 0 atom stereocenters. The van der Waals surface area contributed by atoms with Crippen molar-refractivity contribution in [2.45, 2.75) is 32.1 Å². The third kappa shape index (κ3) is 5.14. The average Bonchev–Trinajstić information content (AvgIpc) is 2.51. The van der Waals surface area contributed by atoms with Crippen LogP contribution < -0.4 is 10.0 Å². The number of hydrogen-bond acceptors (Lipinski definition) is 3. The minimum Gasteiger partial charge on any atom is -0.385 e. The first-order valence-electron chi connectivity index (χ1n) is 7.91. The van der Waals surface area contributed by atoms with E-state index in [1.807, 2.05) is 12.1 Å². The third-order valence-electron chi connectivity index (χ3n) is 3.63. The maximum atomic E-state index is 12.4. The number of halogens is 1. The van der Waals surface area contributed by atoms with Crippen LogP contribution in [0.2, 0.25) is 5.02 Å². The molecule has 0 heterocycles. The standard InChI is InChI=1S/C18H23ClN2O2S/c1-13(2)10-11-20-15-4-6-16(7-5-15)21-24(22,23)17-8-9-18(19)14(3)12-17/h4-9,12-13,20-21H,10-11H2,1-3H3. The average molecular weight is 367 g/mol. The monoisotopic (exact) mass is 366 g/mol. The molecule has 2 aromatic rings. The van der Waals surface area contributed by atoms with Gasteiger partial charge in [0.1, 0.15) is 0 Å². The maximum absolute atomic E-state index is 12.4. The Hall–Kier alpha value is -1.72. The van der Waals surface area contributed by atoms with Crippen molar-refractivity contribution in [2.75, 3.05) is 16.6 Å². The summed E-state index contributed by atoms with van der Waals surface area (Å²) in [6.45, 7) is 7.03. The van der Waals surface area contributed by atoms with Gasteiger partial charge in [-0.2, -0.15) is 0 Å². The lowest BCUT2D eigenvalue weighted by Crippen LogP contribution is -2.13. The number of aryl methyl sites for hydroxylation is 1. The van der Waals surface area contributed by atoms with Crippen LogP contribution in [0.15, 0.2) is 47.4 Å². The number of anilines is 2. The van der Waals surface area contributed by atoms with Gasteiger partial charge in [-0.05, 0) is 67.3 Å². The van der Waals surface area contributed by atoms with Gasteiger partial charge in [-0.25, -0.2) is 8.42 Å². The second-order valence-electron chi connectivity index (χ2n) is 6.20. The van der Waals surface area contributed by atoms with E-state index in [1.165, 1.54) is 6.07 Å². The van der Waals surface area contributed by atoms with Crippen molar-refractivity contribution >= 4 is 33.0 Å². The first-order chi connectivity index (χ1) is 11.3. The van der Waals surface area contributed by atoms with Crippen LogP contribution in [0.25, 0.3) is 0 Å². The van der Waals surface area contributed by atoms with E-state index in [4.69, 9.17) is 11.6 Å². The highest BCUT2D eigenvalue weighted by molar-refractivity contribution is 7.92. The predicted molar refractivity (Wildman–Crippen MR) is 101 cm³/mol. The molecule has 0 aromatic heterocycles. The summed E-state index contributed by atoms with van der Waals surface area (Å²) in [5.74, 6) is 0.645. The van der Waals surface area contributed by atoms with Gasteiger partial charge in [-0.3, -0.25) is 4.72 Å². The fourth-order valence-corrected chi connectivity index (χ4v) is 3.42. The van der Waals surface area contributed by atoms with Crippen LogP contribution in [0, 0.1) is 12.8 Å². The zero-order chi connectivity index (χ0) is 17.7. The predicted octanol–water partition coefficient (Wildman–Crippen LogP) is 4.91. The van der Waals surface area contributed by atoms with Crippen LogP contribution in [0.5, 0.6) is 0 Å². The fraction of sp³-hybridized carbons (Fsp3) is 0.333. The maximum Gasteiger partial charge on any atom is 0.261 e. The molecule has 0 bridgehead atoms. The second kappa shape index (κ2) is 7.90. The zero-order valence-corrected chi connectivity index (χ0v) is 15.7. The van der Waals surface area contributed by atoms with Crippen molar-refractivity contribution in [1.82, 2.24) is 0 Å². The van der Waals surface area contributed by atoms with E-state index < -0.39 is 10.0 Å². The molecule has 6 heteroatoms. The lowest BCUT2D eigenvalue weighted by Gasteiger charge is -2.11. The van der Waals surface area contributed by atoms with E-state index in [0.717, 1.165) is 24.2 Å². The van der Waals surface area contributed by atoms with Gasteiger partial charge in [0.2, 0.25) is 0 Å². The molecule has 0 spiro atoms. The Morgan fingerprint density at radius 1 is 1.04 bits per heavy atom. The molecular weight excluding hydrogens is 344 g/mol. The van der Waals surface area contributed by atoms with Crippen molar-refractivity contribution < 1.29 is 8.42 Å². The third-order valence-corrected chi connectivity index (χ3v) is 5.43. The van der Waals surface area contributed by atoms with Crippen LogP contribution >= 0.6 is 11.6 Å². The normalized spacial score (nSPS) is 11.5. The molecule has 0 unspecified atom stereocenters. The summed E-state index contributed by atoms with van der Waals surface area (Å²) >= 11 is 5.95. The van der Waals surface area contributed by atoms with E-state index in [9.17, 15) is 8.42 Å². The van der Waals surface area contributed by atoms with Crippen LogP contribution in [0.3, 0.4) is 0 Å². The van der Waals surface area contributed by atoms with Crippen LogP contribution in [0.4, 0.5) is 11.4 Å². The summed E-state index contributed by atoms with van der Waals surface area (Å²) in [5.41, 5.74) is 2.22. The van der Waals surface area contributed by atoms with Gasteiger partial charge in [-0.1, -0.05) is 25.4 Å². The topological polar surface area (TPSA) is 58.2 Å². The molecule has 0 amide bonds. The van der Waals surface area contributed by atoms with Crippen LogP contribution in [0.1, 0.15) is 25.8 Å². The molecule has 0 aliphatic carbocycles. The number of rotatable bonds is 7. The summed E-state index contributed by atoms with van der Waals surface area (Å²) in [6.07, 6.45) is 1.09. The molecule has 0 aliphatic rings. The first-order valence-corrected chi connectivity index (χ1v) is 9.77. The summed E-state index contributed by atoms with van der Waals surface area (Å²) in [6, 6.07) is 11.9. The largest absolute Gasteiger partial charge is 0.385 e. The van der Waals surface area contributed by atoms with Crippen molar-refractivity contribution in [3.63, 3.8) is 0 Å². The molecular formula is C18H23ClN2O2S. The Bertz CT molecular complexity index is 787.